The Hall–Kier alpha value is -1.56. The molecular weight excluding hydrogens is 204 g/mol. The van der Waals surface area contributed by atoms with Gasteiger partial charge < -0.3 is 0 Å². The lowest BCUT2D eigenvalue weighted by molar-refractivity contribution is 0.629. The number of fused-ring (bicyclic) bond motifs is 3. The van der Waals surface area contributed by atoms with E-state index in [1.807, 2.05) is 0 Å². The lowest BCUT2D eigenvalue weighted by Gasteiger charge is -2.25. The average Bonchev–Trinajstić information content (AvgIpc) is 2.99. The maximum Gasteiger partial charge on any atom is 0.0175 e. The highest BCUT2D eigenvalue weighted by molar-refractivity contribution is 5.87. The smallest absolute Gasteiger partial charge is 0.0175 e. The van der Waals surface area contributed by atoms with E-state index in [-0.39, 0.29) is 5.41 Å². The van der Waals surface area contributed by atoms with Gasteiger partial charge in [0.05, 0.1) is 0 Å². The van der Waals surface area contributed by atoms with Crippen LogP contribution < -0.4 is 0 Å². The topological polar surface area (TPSA) is 0 Å². The summed E-state index contributed by atoms with van der Waals surface area (Å²) in [4.78, 5) is 0. The third kappa shape index (κ3) is 1.24. The van der Waals surface area contributed by atoms with Crippen LogP contribution >= 0.6 is 0 Å². The average molecular weight is 219 g/mol. The van der Waals surface area contributed by atoms with Crippen LogP contribution in [0.15, 0.2) is 54.6 Å². The fraction of sp³-hybridized carbons (Fsp3) is 0.235. The van der Waals surface area contributed by atoms with Crippen LogP contribution in [0.2, 0.25) is 0 Å². The highest BCUT2D eigenvalue weighted by Gasteiger charge is 2.42. The minimum absolute atomic E-state index is 0.228. The van der Waals surface area contributed by atoms with Gasteiger partial charge in [-0.1, -0.05) is 54.6 Å². The summed E-state index contributed by atoms with van der Waals surface area (Å²) >= 11 is 0. The summed E-state index contributed by atoms with van der Waals surface area (Å²) in [7, 11) is 0. The second-order valence-corrected chi connectivity index (χ2v) is 5.33. The van der Waals surface area contributed by atoms with E-state index in [4.69, 9.17) is 0 Å². The summed E-state index contributed by atoms with van der Waals surface area (Å²) in [5, 5.41) is 2.77. The third-order valence-electron chi connectivity index (χ3n) is 4.34. The molecule has 0 aromatic heterocycles. The van der Waals surface area contributed by atoms with Crippen molar-refractivity contribution in [2.45, 2.75) is 18.3 Å². The molecule has 0 heteroatoms. The molecule has 83 valence electrons. The van der Waals surface area contributed by atoms with Gasteiger partial charge in [-0.05, 0) is 41.5 Å². The molecule has 2 aromatic carbocycles. The number of hydrogen-bond acceptors (Lipinski definition) is 0. The van der Waals surface area contributed by atoms with Gasteiger partial charge in [-0.3, -0.25) is 0 Å². The van der Waals surface area contributed by atoms with Crippen molar-refractivity contribution in [2.24, 2.45) is 5.92 Å². The fourth-order valence-electron chi connectivity index (χ4n) is 3.49. The van der Waals surface area contributed by atoms with Crippen LogP contribution in [0.1, 0.15) is 18.4 Å². The molecule has 2 bridgehead atoms. The molecule has 1 fully saturated rings. The molecule has 0 heterocycles. The summed E-state index contributed by atoms with van der Waals surface area (Å²) in [5.41, 5.74) is 1.72. The second kappa shape index (κ2) is 3.22. The van der Waals surface area contributed by atoms with Gasteiger partial charge in [0.15, 0.2) is 0 Å². The zero-order valence-electron chi connectivity index (χ0n) is 9.77. The van der Waals surface area contributed by atoms with Gasteiger partial charge in [0, 0.05) is 5.41 Å². The van der Waals surface area contributed by atoms with E-state index < -0.39 is 0 Å². The Balaban J connectivity index is 2.00. The normalized spacial score (nSPS) is 30.2. The summed E-state index contributed by atoms with van der Waals surface area (Å²) < 4.78 is 0. The summed E-state index contributed by atoms with van der Waals surface area (Å²) in [6.07, 6.45) is 9.87. The largest absolute Gasteiger partial charge is 0.0845 e. The van der Waals surface area contributed by atoms with Gasteiger partial charge in [-0.15, -0.1) is 0 Å². The van der Waals surface area contributed by atoms with Crippen molar-refractivity contribution in [3.8, 4) is 0 Å². The van der Waals surface area contributed by atoms with E-state index in [1.54, 1.807) is 0 Å². The van der Waals surface area contributed by atoms with E-state index >= 15 is 0 Å². The Morgan fingerprint density at radius 3 is 2.65 bits per heavy atom. The summed E-state index contributed by atoms with van der Waals surface area (Å²) in [6.45, 7) is 0. The van der Waals surface area contributed by atoms with Crippen molar-refractivity contribution in [3.05, 3.63) is 66.6 Å². The van der Waals surface area contributed by atoms with Crippen LogP contribution in [-0.2, 0) is 5.41 Å². The lowest BCUT2D eigenvalue weighted by Crippen LogP contribution is -2.18. The fourth-order valence-corrected chi connectivity index (χ4v) is 3.49. The SMILES string of the molecule is [CH]1CC2C=CC1(c1cccc3ccccc13)C2. The monoisotopic (exact) mass is 219 g/mol. The molecule has 0 N–H and O–H groups in total. The quantitative estimate of drug-likeness (QED) is 0.629. The Morgan fingerprint density at radius 2 is 1.88 bits per heavy atom. The van der Waals surface area contributed by atoms with Crippen LogP contribution in [0.3, 0.4) is 0 Å². The predicted octanol–water partition coefficient (Wildman–Crippen LogP) is 4.26. The summed E-state index contributed by atoms with van der Waals surface area (Å²) in [6, 6.07) is 15.4. The molecule has 2 aromatic rings. The number of allylic oxidation sites excluding steroid dienone is 2. The van der Waals surface area contributed by atoms with E-state index in [0.717, 1.165) is 5.92 Å². The van der Waals surface area contributed by atoms with Crippen LogP contribution in [0.4, 0.5) is 0 Å². The minimum Gasteiger partial charge on any atom is -0.0845 e. The van der Waals surface area contributed by atoms with E-state index in [9.17, 15) is 0 Å². The molecule has 2 atom stereocenters. The molecule has 2 unspecified atom stereocenters. The molecule has 4 rings (SSSR count). The molecule has 0 nitrogen and oxygen atoms in total. The van der Waals surface area contributed by atoms with Crippen molar-refractivity contribution in [3.63, 3.8) is 0 Å². The first kappa shape index (κ1) is 9.47. The van der Waals surface area contributed by atoms with E-state index in [2.05, 4.69) is 61.0 Å². The van der Waals surface area contributed by atoms with Crippen LogP contribution in [0.25, 0.3) is 10.8 Å². The molecule has 0 aliphatic heterocycles. The summed E-state index contributed by atoms with van der Waals surface area (Å²) in [5.74, 6) is 0.786. The zero-order valence-corrected chi connectivity index (χ0v) is 9.77. The molecule has 0 spiro atoms. The molecule has 1 radical (unpaired) electrons. The number of benzene rings is 2. The molecule has 1 saturated carbocycles. The van der Waals surface area contributed by atoms with Crippen molar-refractivity contribution in [1.29, 1.82) is 0 Å². The number of hydrogen-bond donors (Lipinski definition) is 0. The van der Waals surface area contributed by atoms with Crippen molar-refractivity contribution < 1.29 is 0 Å². The van der Waals surface area contributed by atoms with Crippen molar-refractivity contribution in [1.82, 2.24) is 0 Å². The molecule has 2 aliphatic carbocycles. The molecule has 0 amide bonds. The first-order valence-electron chi connectivity index (χ1n) is 6.39. The van der Waals surface area contributed by atoms with Crippen LogP contribution in [-0.4, -0.2) is 0 Å². The van der Waals surface area contributed by atoms with Gasteiger partial charge in [0.1, 0.15) is 0 Å². The Bertz CT molecular complexity index is 603. The molecule has 0 saturated heterocycles. The number of rotatable bonds is 1. The van der Waals surface area contributed by atoms with E-state index in [0.29, 0.717) is 0 Å². The third-order valence-corrected chi connectivity index (χ3v) is 4.34. The molecular formula is C17H15. The maximum absolute atomic E-state index is 2.51. The Morgan fingerprint density at radius 1 is 1.00 bits per heavy atom. The van der Waals surface area contributed by atoms with Gasteiger partial charge in [-0.2, -0.15) is 0 Å². The van der Waals surface area contributed by atoms with Gasteiger partial charge in [0.2, 0.25) is 0 Å². The zero-order chi connectivity index (χ0) is 11.3. The maximum atomic E-state index is 2.51. The van der Waals surface area contributed by atoms with Crippen molar-refractivity contribution in [2.75, 3.05) is 0 Å². The predicted molar refractivity (Wildman–Crippen MR) is 71.8 cm³/mol. The Kier molecular flexibility index (Phi) is 1.80. The second-order valence-electron chi connectivity index (χ2n) is 5.33. The van der Waals surface area contributed by atoms with E-state index in [1.165, 1.54) is 29.2 Å². The highest BCUT2D eigenvalue weighted by Crippen LogP contribution is 2.51. The van der Waals surface area contributed by atoms with Gasteiger partial charge >= 0.3 is 0 Å². The van der Waals surface area contributed by atoms with Crippen LogP contribution in [0.5, 0.6) is 0 Å². The molecule has 2 aliphatic rings. The lowest BCUT2D eigenvalue weighted by atomic mass is 9.78. The highest BCUT2D eigenvalue weighted by atomic mass is 14.5. The van der Waals surface area contributed by atoms with Gasteiger partial charge in [-0.25, -0.2) is 0 Å². The van der Waals surface area contributed by atoms with Crippen molar-refractivity contribution >= 4 is 10.8 Å². The van der Waals surface area contributed by atoms with Gasteiger partial charge in [0.25, 0.3) is 0 Å². The Labute approximate surface area is 102 Å². The minimum atomic E-state index is 0.228. The van der Waals surface area contributed by atoms with Crippen LogP contribution in [0, 0.1) is 12.3 Å². The first-order valence-corrected chi connectivity index (χ1v) is 6.39. The standard InChI is InChI=1S/C17H15/c1-2-6-15-14(4-1)5-3-7-16(15)17-10-8-13(12-17)9-11-17/h1-8,10-11,13H,9,12H2. The molecule has 17 heavy (non-hydrogen) atoms. The first-order chi connectivity index (χ1) is 8.37.